The summed E-state index contributed by atoms with van der Waals surface area (Å²) in [6.45, 7) is 3.79. The SMILES string of the molecule is Cc1ccccc1C(=O)N1CCC[C@@H]1c1nnc2n1CCCCC2. The zero-order chi connectivity index (χ0) is 16.5. The number of carbonyl (C=O) groups excluding carboxylic acids is 1. The fourth-order valence-corrected chi connectivity index (χ4v) is 4.00. The van der Waals surface area contributed by atoms with Crippen molar-refractivity contribution >= 4 is 5.91 Å². The average molecular weight is 324 g/mol. The minimum absolute atomic E-state index is 0.0662. The molecule has 0 bridgehead atoms. The van der Waals surface area contributed by atoms with Gasteiger partial charge in [-0.25, -0.2) is 0 Å². The number of hydrogen-bond donors (Lipinski definition) is 0. The molecule has 1 amide bonds. The normalized spacial score (nSPS) is 20.7. The Morgan fingerprint density at radius 3 is 2.83 bits per heavy atom. The molecule has 2 aromatic rings. The molecule has 0 N–H and O–H groups in total. The van der Waals surface area contributed by atoms with Crippen molar-refractivity contribution in [2.45, 2.75) is 58.0 Å². The molecule has 0 radical (unpaired) electrons. The Bertz CT molecular complexity index is 752. The Balaban J connectivity index is 1.65. The van der Waals surface area contributed by atoms with Crippen molar-refractivity contribution in [2.75, 3.05) is 6.54 Å². The van der Waals surface area contributed by atoms with Gasteiger partial charge in [-0.2, -0.15) is 0 Å². The second-order valence-electron chi connectivity index (χ2n) is 6.91. The van der Waals surface area contributed by atoms with E-state index in [2.05, 4.69) is 14.8 Å². The monoisotopic (exact) mass is 324 g/mol. The van der Waals surface area contributed by atoms with Crippen LogP contribution in [-0.2, 0) is 13.0 Å². The lowest BCUT2D eigenvalue weighted by Gasteiger charge is -2.25. The van der Waals surface area contributed by atoms with Crippen LogP contribution in [0.1, 0.15) is 65.7 Å². The maximum absolute atomic E-state index is 13.1. The van der Waals surface area contributed by atoms with Gasteiger partial charge in [0.15, 0.2) is 5.82 Å². The van der Waals surface area contributed by atoms with E-state index in [-0.39, 0.29) is 11.9 Å². The van der Waals surface area contributed by atoms with Crippen LogP contribution in [0.15, 0.2) is 24.3 Å². The van der Waals surface area contributed by atoms with Crippen molar-refractivity contribution in [3.8, 4) is 0 Å². The highest BCUT2D eigenvalue weighted by Crippen LogP contribution is 2.33. The summed E-state index contributed by atoms with van der Waals surface area (Å²) < 4.78 is 2.28. The minimum atomic E-state index is 0.0662. The Kier molecular flexibility index (Phi) is 4.08. The van der Waals surface area contributed by atoms with E-state index >= 15 is 0 Å². The van der Waals surface area contributed by atoms with Gasteiger partial charge in [0.05, 0.1) is 6.04 Å². The topological polar surface area (TPSA) is 51.0 Å². The van der Waals surface area contributed by atoms with Gasteiger partial charge in [0, 0.05) is 25.1 Å². The number of carbonyl (C=O) groups is 1. The molecule has 5 heteroatoms. The molecule has 0 aliphatic carbocycles. The van der Waals surface area contributed by atoms with Crippen LogP contribution in [0.25, 0.3) is 0 Å². The van der Waals surface area contributed by atoms with Crippen LogP contribution in [0, 0.1) is 6.92 Å². The van der Waals surface area contributed by atoms with E-state index in [1.165, 1.54) is 19.3 Å². The zero-order valence-corrected chi connectivity index (χ0v) is 14.2. The number of fused-ring (bicyclic) bond motifs is 1. The first-order chi connectivity index (χ1) is 11.8. The molecule has 126 valence electrons. The van der Waals surface area contributed by atoms with Crippen molar-refractivity contribution in [1.29, 1.82) is 0 Å². The molecule has 0 spiro atoms. The number of hydrogen-bond acceptors (Lipinski definition) is 3. The molecule has 1 fully saturated rings. The van der Waals surface area contributed by atoms with Gasteiger partial charge < -0.3 is 9.47 Å². The van der Waals surface area contributed by atoms with Crippen LogP contribution < -0.4 is 0 Å². The maximum atomic E-state index is 13.1. The van der Waals surface area contributed by atoms with Gasteiger partial charge in [-0.3, -0.25) is 4.79 Å². The quantitative estimate of drug-likeness (QED) is 0.852. The van der Waals surface area contributed by atoms with Gasteiger partial charge in [0.1, 0.15) is 5.82 Å². The fraction of sp³-hybridized carbons (Fsp3) is 0.526. The number of nitrogens with zero attached hydrogens (tertiary/aromatic N) is 4. The third-order valence-corrected chi connectivity index (χ3v) is 5.33. The van der Waals surface area contributed by atoms with Crippen LogP contribution in [0.4, 0.5) is 0 Å². The van der Waals surface area contributed by atoms with E-state index in [0.29, 0.717) is 0 Å². The Morgan fingerprint density at radius 1 is 1.08 bits per heavy atom. The molecule has 4 rings (SSSR count). The standard InChI is InChI=1S/C19H24N4O/c1-14-8-4-5-9-15(14)19(24)22-13-7-10-16(22)18-21-20-17-11-3-2-6-12-23(17)18/h4-5,8-9,16H,2-3,6-7,10-13H2,1H3/t16-/m1/s1. The Labute approximate surface area is 142 Å². The summed E-state index contributed by atoms with van der Waals surface area (Å²) in [5.41, 5.74) is 1.84. The highest BCUT2D eigenvalue weighted by molar-refractivity contribution is 5.96. The highest BCUT2D eigenvalue weighted by Gasteiger charge is 2.35. The van der Waals surface area contributed by atoms with Gasteiger partial charge in [-0.15, -0.1) is 10.2 Å². The average Bonchev–Trinajstić information content (AvgIpc) is 3.15. The van der Waals surface area contributed by atoms with Gasteiger partial charge in [0.25, 0.3) is 5.91 Å². The summed E-state index contributed by atoms with van der Waals surface area (Å²) in [6, 6.07) is 7.91. The first-order valence-electron chi connectivity index (χ1n) is 9.04. The summed E-state index contributed by atoms with van der Waals surface area (Å²) in [6.07, 6.45) is 6.64. The van der Waals surface area contributed by atoms with Crippen LogP contribution in [-0.4, -0.2) is 32.1 Å². The Morgan fingerprint density at radius 2 is 1.96 bits per heavy atom. The molecule has 0 unspecified atom stereocenters. The van der Waals surface area contributed by atoms with Crippen molar-refractivity contribution in [3.05, 3.63) is 47.0 Å². The third-order valence-electron chi connectivity index (χ3n) is 5.33. The highest BCUT2D eigenvalue weighted by atomic mass is 16.2. The van der Waals surface area contributed by atoms with Crippen LogP contribution in [0.5, 0.6) is 0 Å². The first-order valence-corrected chi connectivity index (χ1v) is 9.04. The van der Waals surface area contributed by atoms with Gasteiger partial charge in [-0.05, 0) is 44.2 Å². The Hall–Kier alpha value is -2.17. The van der Waals surface area contributed by atoms with E-state index in [1.807, 2.05) is 36.1 Å². The molecule has 3 heterocycles. The van der Waals surface area contributed by atoms with E-state index < -0.39 is 0 Å². The number of aryl methyl sites for hydroxylation is 2. The largest absolute Gasteiger partial charge is 0.328 e. The lowest BCUT2D eigenvalue weighted by atomic mass is 10.1. The molecule has 24 heavy (non-hydrogen) atoms. The molecule has 1 aromatic heterocycles. The van der Waals surface area contributed by atoms with Crippen molar-refractivity contribution < 1.29 is 4.79 Å². The zero-order valence-electron chi connectivity index (χ0n) is 14.2. The van der Waals surface area contributed by atoms with E-state index in [4.69, 9.17) is 0 Å². The number of benzene rings is 1. The first kappa shape index (κ1) is 15.4. The van der Waals surface area contributed by atoms with Gasteiger partial charge in [0.2, 0.25) is 0 Å². The molecular weight excluding hydrogens is 300 g/mol. The number of rotatable bonds is 2. The smallest absolute Gasteiger partial charge is 0.254 e. The van der Waals surface area contributed by atoms with E-state index in [1.54, 1.807) is 0 Å². The molecule has 2 aliphatic heterocycles. The van der Waals surface area contributed by atoms with Crippen LogP contribution >= 0.6 is 0 Å². The summed E-state index contributed by atoms with van der Waals surface area (Å²) in [7, 11) is 0. The molecule has 1 atom stereocenters. The molecule has 1 saturated heterocycles. The van der Waals surface area contributed by atoms with Crippen molar-refractivity contribution in [3.63, 3.8) is 0 Å². The van der Waals surface area contributed by atoms with Crippen molar-refractivity contribution in [2.24, 2.45) is 0 Å². The number of aromatic nitrogens is 3. The summed E-state index contributed by atoms with van der Waals surface area (Å²) in [4.78, 5) is 15.1. The van der Waals surface area contributed by atoms with Crippen molar-refractivity contribution in [1.82, 2.24) is 19.7 Å². The lowest BCUT2D eigenvalue weighted by Crippen LogP contribution is -2.32. The lowest BCUT2D eigenvalue weighted by molar-refractivity contribution is 0.0726. The fourth-order valence-electron chi connectivity index (χ4n) is 4.00. The van der Waals surface area contributed by atoms with Crippen LogP contribution in [0.2, 0.25) is 0 Å². The molecular formula is C19H24N4O. The van der Waals surface area contributed by atoms with E-state index in [9.17, 15) is 4.79 Å². The second kappa shape index (κ2) is 6.38. The van der Waals surface area contributed by atoms with Gasteiger partial charge in [-0.1, -0.05) is 24.6 Å². The third kappa shape index (κ3) is 2.62. The second-order valence-corrected chi connectivity index (χ2v) is 6.91. The van der Waals surface area contributed by atoms with Gasteiger partial charge >= 0.3 is 0 Å². The maximum Gasteiger partial charge on any atom is 0.254 e. The molecule has 1 aromatic carbocycles. The molecule has 2 aliphatic rings. The summed E-state index contributed by atoms with van der Waals surface area (Å²) in [5, 5.41) is 8.91. The molecule has 0 saturated carbocycles. The molecule has 5 nitrogen and oxygen atoms in total. The van der Waals surface area contributed by atoms with Crippen LogP contribution in [0.3, 0.4) is 0 Å². The summed E-state index contributed by atoms with van der Waals surface area (Å²) >= 11 is 0. The minimum Gasteiger partial charge on any atom is -0.328 e. The number of likely N-dealkylation sites (tertiary alicyclic amines) is 1. The predicted molar refractivity (Wildman–Crippen MR) is 91.8 cm³/mol. The predicted octanol–water partition coefficient (Wildman–Crippen LogP) is 3.29. The number of amides is 1. The summed E-state index contributed by atoms with van der Waals surface area (Å²) in [5.74, 6) is 2.21. The van der Waals surface area contributed by atoms with E-state index in [0.717, 1.165) is 55.1 Å².